The van der Waals surface area contributed by atoms with Gasteiger partial charge in [0, 0.05) is 1.37 Å². The van der Waals surface area contributed by atoms with Crippen molar-refractivity contribution in [3.05, 3.63) is 35.9 Å². The van der Waals surface area contributed by atoms with E-state index in [4.69, 9.17) is 7.10 Å². The molecule has 0 aromatic heterocycles. The Balaban J connectivity index is 2.22. The van der Waals surface area contributed by atoms with Crippen LogP contribution in [0.5, 0.6) is 0 Å². The van der Waals surface area contributed by atoms with Gasteiger partial charge >= 0.3 is 0 Å². The monoisotopic (exact) mass is 193 g/mol. The number of carbonyl (C=O) groups excluding carboxylic acids is 1. The summed E-state index contributed by atoms with van der Waals surface area (Å²) in [5.41, 5.74) is 6.17. The van der Waals surface area contributed by atoms with Gasteiger partial charge in [0.05, 0.1) is 6.54 Å². The fourth-order valence-corrected chi connectivity index (χ4v) is 1.16. The Morgan fingerprint density at radius 2 is 2.14 bits per heavy atom. The van der Waals surface area contributed by atoms with Crippen molar-refractivity contribution in [2.24, 2.45) is 5.73 Å². The summed E-state index contributed by atoms with van der Waals surface area (Å²) in [5, 5.41) is 2.74. The molecule has 0 saturated heterocycles. The summed E-state index contributed by atoms with van der Waals surface area (Å²) in [6.45, 7) is -0.360. The first kappa shape index (κ1) is 9.21. The Labute approximate surface area is 85.7 Å². The Hall–Kier alpha value is -1.35. The topological polar surface area (TPSA) is 55.1 Å². The molecule has 76 valence electrons. The maximum Gasteiger partial charge on any atom is 0.231 e. The molecule has 1 aromatic rings. The first-order chi connectivity index (χ1) is 7.18. The molecule has 1 atom stereocenters. The van der Waals surface area contributed by atoms with E-state index in [9.17, 15) is 4.79 Å². The summed E-state index contributed by atoms with van der Waals surface area (Å²) in [6.07, 6.45) is 1.51. The number of rotatable bonds is 6. The van der Waals surface area contributed by atoms with Crippen LogP contribution in [0.25, 0.3) is 0 Å². The van der Waals surface area contributed by atoms with Crippen molar-refractivity contribution in [1.82, 2.24) is 5.32 Å². The highest BCUT2D eigenvalue weighted by atomic mass is 16.1. The van der Waals surface area contributed by atoms with Crippen LogP contribution in [-0.4, -0.2) is 19.0 Å². The van der Waals surface area contributed by atoms with E-state index >= 15 is 0 Å². The molecule has 14 heavy (non-hydrogen) atoms. The summed E-state index contributed by atoms with van der Waals surface area (Å²) >= 11 is 0. The predicted octanol–water partition coefficient (Wildman–Crippen LogP) is 0.694. The molecule has 3 nitrogen and oxygen atoms in total. The molecule has 0 radical (unpaired) electrons. The zero-order chi connectivity index (χ0) is 11.1. The van der Waals surface area contributed by atoms with Crippen LogP contribution in [0.2, 0.25) is 0 Å². The van der Waals surface area contributed by atoms with Gasteiger partial charge in [-0.2, -0.15) is 0 Å². The number of carbonyl (C=O) groups is 1. The molecule has 0 heterocycles. The van der Waals surface area contributed by atoms with Gasteiger partial charge in [-0.1, -0.05) is 30.3 Å². The first-order valence-corrected chi connectivity index (χ1v) is 4.66. The zero-order valence-electron chi connectivity index (χ0n) is 9.07. The normalized spacial score (nSPS) is 13.3. The molecule has 1 amide bonds. The molecular weight excluding hydrogens is 176 g/mol. The van der Waals surface area contributed by atoms with Crippen LogP contribution in [0.3, 0.4) is 0 Å². The Morgan fingerprint density at radius 3 is 2.79 bits per heavy atom. The van der Waals surface area contributed by atoms with Crippen LogP contribution in [0.1, 0.15) is 13.4 Å². The van der Waals surface area contributed by atoms with Crippen molar-refractivity contribution in [1.29, 1.82) is 0 Å². The van der Waals surface area contributed by atoms with E-state index < -0.39 is 12.4 Å². The molecule has 1 aromatic carbocycles. The fraction of sp³-hybridized carbons (Fsp3) is 0.364. The van der Waals surface area contributed by atoms with Gasteiger partial charge in [0.25, 0.3) is 0 Å². The van der Waals surface area contributed by atoms with E-state index in [1.165, 1.54) is 5.56 Å². The van der Waals surface area contributed by atoms with E-state index in [0.717, 1.165) is 6.42 Å². The third-order valence-corrected chi connectivity index (χ3v) is 1.84. The van der Waals surface area contributed by atoms with Gasteiger partial charge in [-0.25, -0.2) is 0 Å². The maximum absolute atomic E-state index is 10.5. The van der Waals surface area contributed by atoms with Crippen LogP contribution < -0.4 is 11.1 Å². The minimum atomic E-state index is -0.433. The predicted molar refractivity (Wildman–Crippen MR) is 56.8 cm³/mol. The largest absolute Gasteiger partial charge is 0.369 e. The van der Waals surface area contributed by atoms with Crippen molar-refractivity contribution in [2.75, 3.05) is 13.1 Å². The molecule has 0 spiro atoms. The van der Waals surface area contributed by atoms with Gasteiger partial charge < -0.3 is 11.1 Å². The summed E-state index contributed by atoms with van der Waals surface area (Å²) in [4.78, 5) is 10.5. The van der Waals surface area contributed by atoms with Gasteiger partial charge in [-0.15, -0.1) is 0 Å². The van der Waals surface area contributed by atoms with Crippen LogP contribution in [0.4, 0.5) is 0 Å². The van der Waals surface area contributed by atoms with Crippen molar-refractivity contribution in [3.63, 3.8) is 0 Å². The number of nitrogens with two attached hydrogens (primary N) is 1. The maximum atomic E-state index is 10.5. The smallest absolute Gasteiger partial charge is 0.231 e. The second-order valence-corrected chi connectivity index (χ2v) is 3.08. The summed E-state index contributed by atoms with van der Waals surface area (Å²) in [7, 11) is 0. The van der Waals surface area contributed by atoms with Gasteiger partial charge in [-0.3, -0.25) is 4.79 Å². The minimum absolute atomic E-state index is 0.0724. The Morgan fingerprint density at radius 1 is 1.43 bits per heavy atom. The van der Waals surface area contributed by atoms with Gasteiger partial charge in [0.2, 0.25) is 5.91 Å². The lowest BCUT2D eigenvalue weighted by Gasteiger charge is -2.02. The van der Waals surface area contributed by atoms with Crippen molar-refractivity contribution in [3.8, 4) is 0 Å². The number of primary amides is 1. The SMILES string of the molecule is [2H]C(CCc1ccccc1)NCC(N)=O. The average Bonchev–Trinajstić information content (AvgIpc) is 2.25. The molecule has 0 aliphatic heterocycles. The van der Waals surface area contributed by atoms with Crippen LogP contribution >= 0.6 is 0 Å². The molecule has 0 aliphatic carbocycles. The third kappa shape index (κ3) is 4.62. The lowest BCUT2D eigenvalue weighted by molar-refractivity contribution is -0.117. The fourth-order valence-electron chi connectivity index (χ4n) is 1.16. The van der Waals surface area contributed by atoms with Gasteiger partial charge in [-0.05, 0) is 24.9 Å². The van der Waals surface area contributed by atoms with E-state index in [1.54, 1.807) is 0 Å². The van der Waals surface area contributed by atoms with E-state index in [-0.39, 0.29) is 6.54 Å². The number of nitrogens with one attached hydrogen (secondary N) is 1. The van der Waals surface area contributed by atoms with E-state index in [1.807, 2.05) is 30.3 Å². The van der Waals surface area contributed by atoms with Crippen molar-refractivity contribution >= 4 is 5.91 Å². The number of hydrogen-bond acceptors (Lipinski definition) is 2. The van der Waals surface area contributed by atoms with Crippen molar-refractivity contribution in [2.45, 2.75) is 12.8 Å². The number of benzene rings is 1. The Kier molecular flexibility index (Phi) is 4.05. The van der Waals surface area contributed by atoms with Gasteiger partial charge in [0.1, 0.15) is 0 Å². The third-order valence-electron chi connectivity index (χ3n) is 1.84. The molecule has 0 saturated carbocycles. The lowest BCUT2D eigenvalue weighted by atomic mass is 10.1. The molecule has 3 heteroatoms. The van der Waals surface area contributed by atoms with E-state index in [2.05, 4.69) is 5.32 Å². The first-order valence-electron chi connectivity index (χ1n) is 5.24. The second kappa shape index (κ2) is 6.16. The molecule has 3 N–H and O–H groups in total. The molecular formula is C11H16N2O. The zero-order valence-corrected chi connectivity index (χ0v) is 8.07. The summed E-state index contributed by atoms with van der Waals surface area (Å²) < 4.78 is 7.60. The quantitative estimate of drug-likeness (QED) is 0.698. The lowest BCUT2D eigenvalue weighted by Crippen LogP contribution is -2.29. The highest BCUT2D eigenvalue weighted by molar-refractivity contribution is 5.75. The highest BCUT2D eigenvalue weighted by Crippen LogP contribution is 2.00. The van der Waals surface area contributed by atoms with Crippen molar-refractivity contribution < 1.29 is 6.17 Å². The molecule has 1 unspecified atom stereocenters. The molecule has 0 bridgehead atoms. The molecule has 0 aliphatic rings. The summed E-state index contributed by atoms with van der Waals surface area (Å²) in [6, 6.07) is 9.98. The Bertz CT molecular complexity index is 303. The molecule has 0 fully saturated rings. The van der Waals surface area contributed by atoms with Gasteiger partial charge in [0.15, 0.2) is 0 Å². The molecule has 1 rings (SSSR count). The number of amides is 1. The summed E-state index contributed by atoms with van der Waals surface area (Å²) in [5.74, 6) is -0.424. The van der Waals surface area contributed by atoms with Crippen LogP contribution in [0, 0.1) is 0 Å². The van der Waals surface area contributed by atoms with E-state index in [0.29, 0.717) is 6.42 Å². The second-order valence-electron chi connectivity index (χ2n) is 3.08. The average molecular weight is 193 g/mol. The number of hydrogen-bond donors (Lipinski definition) is 2. The highest BCUT2D eigenvalue weighted by Gasteiger charge is 1.93. The minimum Gasteiger partial charge on any atom is -0.369 e. The standard InChI is InChI=1S/C11H16N2O/c12-11(14)9-13-8-4-7-10-5-2-1-3-6-10/h1-3,5-6,13H,4,7-9H2,(H2,12,14)/i8D. The number of aryl methyl sites for hydroxylation is 1. The van der Waals surface area contributed by atoms with Crippen LogP contribution in [0.15, 0.2) is 30.3 Å². The van der Waals surface area contributed by atoms with Crippen LogP contribution in [-0.2, 0) is 11.2 Å².